The summed E-state index contributed by atoms with van der Waals surface area (Å²) in [5.74, 6) is -1.23. The van der Waals surface area contributed by atoms with Crippen LogP contribution >= 0.6 is 0 Å². The van der Waals surface area contributed by atoms with Crippen LogP contribution in [-0.4, -0.2) is 29.1 Å². The van der Waals surface area contributed by atoms with E-state index in [1.807, 2.05) is 13.8 Å². The van der Waals surface area contributed by atoms with Gasteiger partial charge in [0.15, 0.2) is 0 Å². The van der Waals surface area contributed by atoms with Gasteiger partial charge in [0.2, 0.25) is 5.91 Å². The highest BCUT2D eigenvalue weighted by molar-refractivity contribution is 5.81. The van der Waals surface area contributed by atoms with Crippen LogP contribution in [0.2, 0.25) is 0 Å². The van der Waals surface area contributed by atoms with Gasteiger partial charge in [-0.25, -0.2) is 0 Å². The van der Waals surface area contributed by atoms with E-state index in [9.17, 15) is 9.59 Å². The minimum atomic E-state index is -0.769. The molecule has 17 heavy (non-hydrogen) atoms. The minimum absolute atomic E-state index is 0.0427. The van der Waals surface area contributed by atoms with Crippen molar-refractivity contribution in [2.45, 2.75) is 58.5 Å². The van der Waals surface area contributed by atoms with Crippen molar-refractivity contribution in [3.63, 3.8) is 0 Å². The third-order valence-corrected chi connectivity index (χ3v) is 2.86. The third-order valence-electron chi connectivity index (χ3n) is 2.86. The predicted octanol–water partition coefficient (Wildman–Crippen LogP) is 1.12. The standard InChI is InChI=1S/C12H24N2O3/c1-4-10(13)11(15)14-9(3)7-5-6-8(2)12(16)17/h8-10H,4-7,13H2,1-3H3,(H,14,15)(H,16,17)/t8?,9?,10-/m0/s1. The van der Waals surface area contributed by atoms with Crippen LogP contribution in [0.15, 0.2) is 0 Å². The first-order valence-corrected chi connectivity index (χ1v) is 6.17. The first-order chi connectivity index (χ1) is 7.88. The molecule has 0 aliphatic heterocycles. The molecule has 0 heterocycles. The second kappa shape index (κ2) is 8.06. The Morgan fingerprint density at radius 3 is 2.35 bits per heavy atom. The molecule has 5 nitrogen and oxygen atoms in total. The van der Waals surface area contributed by atoms with Crippen LogP contribution in [0.25, 0.3) is 0 Å². The molecule has 0 rings (SSSR count). The molecule has 0 saturated heterocycles. The molecule has 100 valence electrons. The summed E-state index contributed by atoms with van der Waals surface area (Å²) in [6.45, 7) is 5.47. The number of carbonyl (C=O) groups excluding carboxylic acids is 1. The minimum Gasteiger partial charge on any atom is -0.481 e. The van der Waals surface area contributed by atoms with Gasteiger partial charge in [0.25, 0.3) is 0 Å². The zero-order valence-electron chi connectivity index (χ0n) is 10.9. The van der Waals surface area contributed by atoms with Crippen molar-refractivity contribution in [1.29, 1.82) is 0 Å². The van der Waals surface area contributed by atoms with E-state index in [0.717, 1.165) is 12.8 Å². The number of nitrogens with one attached hydrogen (secondary N) is 1. The highest BCUT2D eigenvalue weighted by atomic mass is 16.4. The second-order valence-electron chi connectivity index (χ2n) is 4.59. The summed E-state index contributed by atoms with van der Waals surface area (Å²) in [4.78, 5) is 22.1. The maximum atomic E-state index is 11.5. The molecule has 0 saturated carbocycles. The summed E-state index contributed by atoms with van der Waals surface area (Å²) >= 11 is 0. The number of aliphatic carboxylic acids is 1. The maximum absolute atomic E-state index is 11.5. The molecule has 4 N–H and O–H groups in total. The Labute approximate surface area is 103 Å². The highest BCUT2D eigenvalue weighted by Crippen LogP contribution is 2.09. The molecule has 0 fully saturated rings. The van der Waals surface area contributed by atoms with Crippen molar-refractivity contribution in [2.75, 3.05) is 0 Å². The van der Waals surface area contributed by atoms with E-state index in [4.69, 9.17) is 10.8 Å². The smallest absolute Gasteiger partial charge is 0.306 e. The highest BCUT2D eigenvalue weighted by Gasteiger charge is 2.15. The van der Waals surface area contributed by atoms with Crippen LogP contribution in [-0.2, 0) is 9.59 Å². The monoisotopic (exact) mass is 244 g/mol. The van der Waals surface area contributed by atoms with Crippen LogP contribution in [0.3, 0.4) is 0 Å². The fourth-order valence-electron chi connectivity index (χ4n) is 1.46. The molecule has 0 bridgehead atoms. The van der Waals surface area contributed by atoms with Crippen LogP contribution in [0.1, 0.15) is 46.5 Å². The molecule has 5 heteroatoms. The Morgan fingerprint density at radius 1 is 1.29 bits per heavy atom. The summed E-state index contributed by atoms with van der Waals surface area (Å²) in [6, 6.07) is -0.406. The molecule has 0 spiro atoms. The zero-order valence-corrected chi connectivity index (χ0v) is 10.9. The second-order valence-corrected chi connectivity index (χ2v) is 4.59. The quantitative estimate of drug-likeness (QED) is 0.596. The molecule has 0 aromatic heterocycles. The Bertz CT molecular complexity index is 256. The summed E-state index contributed by atoms with van der Waals surface area (Å²) in [6.07, 6.45) is 2.82. The predicted molar refractivity (Wildman–Crippen MR) is 66.5 cm³/mol. The van der Waals surface area contributed by atoms with Crippen LogP contribution in [0, 0.1) is 5.92 Å². The van der Waals surface area contributed by atoms with Crippen molar-refractivity contribution in [3.8, 4) is 0 Å². The van der Waals surface area contributed by atoms with E-state index in [0.29, 0.717) is 12.8 Å². The zero-order chi connectivity index (χ0) is 13.4. The number of amides is 1. The van der Waals surface area contributed by atoms with Crippen molar-refractivity contribution in [1.82, 2.24) is 5.32 Å². The fraction of sp³-hybridized carbons (Fsp3) is 0.833. The Hall–Kier alpha value is -1.10. The normalized spacial score (nSPS) is 16.0. The molecule has 3 atom stereocenters. The van der Waals surface area contributed by atoms with Gasteiger partial charge in [0.1, 0.15) is 0 Å². The first-order valence-electron chi connectivity index (χ1n) is 6.17. The fourth-order valence-corrected chi connectivity index (χ4v) is 1.46. The van der Waals surface area contributed by atoms with Crippen LogP contribution in [0.4, 0.5) is 0 Å². The maximum Gasteiger partial charge on any atom is 0.306 e. The van der Waals surface area contributed by atoms with E-state index in [1.54, 1.807) is 6.92 Å². The van der Waals surface area contributed by atoms with Gasteiger partial charge in [-0.3, -0.25) is 9.59 Å². The van der Waals surface area contributed by atoms with Gasteiger partial charge in [-0.05, 0) is 26.2 Å². The molecule has 2 unspecified atom stereocenters. The SMILES string of the molecule is CC[C@H](N)C(=O)NC(C)CCCC(C)C(=O)O. The van der Waals surface area contributed by atoms with Crippen molar-refractivity contribution in [2.24, 2.45) is 11.7 Å². The number of hydrogen-bond donors (Lipinski definition) is 3. The van der Waals surface area contributed by atoms with Gasteiger partial charge in [-0.15, -0.1) is 0 Å². The average molecular weight is 244 g/mol. The van der Waals surface area contributed by atoms with Crippen LogP contribution in [0.5, 0.6) is 0 Å². The topological polar surface area (TPSA) is 92.4 Å². The molecular weight excluding hydrogens is 220 g/mol. The van der Waals surface area contributed by atoms with E-state index in [-0.39, 0.29) is 17.9 Å². The van der Waals surface area contributed by atoms with Gasteiger partial charge in [0.05, 0.1) is 12.0 Å². The molecule has 0 radical (unpaired) electrons. The van der Waals surface area contributed by atoms with E-state index < -0.39 is 12.0 Å². The number of rotatable bonds is 8. The van der Waals surface area contributed by atoms with Crippen molar-refractivity contribution in [3.05, 3.63) is 0 Å². The number of nitrogens with two attached hydrogens (primary N) is 1. The lowest BCUT2D eigenvalue weighted by Crippen LogP contribution is -2.44. The van der Waals surface area contributed by atoms with Crippen molar-refractivity contribution >= 4 is 11.9 Å². The lowest BCUT2D eigenvalue weighted by molar-refractivity contribution is -0.141. The van der Waals surface area contributed by atoms with E-state index >= 15 is 0 Å². The number of carbonyl (C=O) groups is 2. The van der Waals surface area contributed by atoms with E-state index in [1.165, 1.54) is 0 Å². The average Bonchev–Trinajstić information content (AvgIpc) is 2.27. The van der Waals surface area contributed by atoms with Gasteiger partial charge in [0, 0.05) is 6.04 Å². The summed E-state index contributed by atoms with van der Waals surface area (Å²) in [5, 5.41) is 11.5. The lowest BCUT2D eigenvalue weighted by Gasteiger charge is -2.17. The lowest BCUT2D eigenvalue weighted by atomic mass is 10.0. The van der Waals surface area contributed by atoms with Gasteiger partial charge in [-0.1, -0.05) is 20.3 Å². The molecular formula is C12H24N2O3. The number of carboxylic acids is 1. The third kappa shape index (κ3) is 6.94. The summed E-state index contributed by atoms with van der Waals surface area (Å²) in [5.41, 5.74) is 5.59. The van der Waals surface area contributed by atoms with Gasteiger partial charge in [-0.2, -0.15) is 0 Å². The Balaban J connectivity index is 3.76. The first kappa shape index (κ1) is 15.9. The number of carboxylic acid groups (broad SMARTS) is 1. The van der Waals surface area contributed by atoms with Gasteiger partial charge < -0.3 is 16.2 Å². The molecule has 0 aromatic carbocycles. The van der Waals surface area contributed by atoms with Gasteiger partial charge >= 0.3 is 5.97 Å². The molecule has 0 aliphatic carbocycles. The Kier molecular flexibility index (Phi) is 7.54. The number of hydrogen-bond acceptors (Lipinski definition) is 3. The molecule has 0 aromatic rings. The van der Waals surface area contributed by atoms with Crippen molar-refractivity contribution < 1.29 is 14.7 Å². The summed E-state index contributed by atoms with van der Waals surface area (Å²) in [7, 11) is 0. The molecule has 0 aliphatic rings. The van der Waals surface area contributed by atoms with Crippen LogP contribution < -0.4 is 11.1 Å². The molecule has 1 amide bonds. The van der Waals surface area contributed by atoms with E-state index in [2.05, 4.69) is 5.32 Å². The Morgan fingerprint density at radius 2 is 1.88 bits per heavy atom. The summed E-state index contributed by atoms with van der Waals surface area (Å²) < 4.78 is 0. The largest absolute Gasteiger partial charge is 0.481 e.